The predicted molar refractivity (Wildman–Crippen MR) is 66.4 cm³/mol. The first-order valence-corrected chi connectivity index (χ1v) is 5.58. The number of rotatable bonds is 2. The molecule has 0 spiro atoms. The van der Waals surface area contributed by atoms with Crippen LogP contribution in [0.2, 0.25) is 5.02 Å². The van der Waals surface area contributed by atoms with Crippen molar-refractivity contribution in [2.24, 2.45) is 5.73 Å². The molecule has 0 aliphatic rings. The first kappa shape index (κ1) is 12.0. The van der Waals surface area contributed by atoms with Crippen molar-refractivity contribution in [1.29, 1.82) is 0 Å². The van der Waals surface area contributed by atoms with Crippen molar-refractivity contribution in [3.63, 3.8) is 0 Å². The molecule has 2 nitrogen and oxygen atoms in total. The molecule has 1 aromatic heterocycles. The molecule has 4 heteroatoms. The van der Waals surface area contributed by atoms with Crippen LogP contribution in [-0.4, -0.2) is 4.98 Å². The van der Waals surface area contributed by atoms with Gasteiger partial charge in [-0.25, -0.2) is 4.39 Å². The molecule has 2 rings (SSSR count). The fraction of sp³-hybridized carbons (Fsp3) is 0.154. The zero-order chi connectivity index (χ0) is 12.4. The van der Waals surface area contributed by atoms with Crippen LogP contribution in [0.5, 0.6) is 0 Å². The van der Waals surface area contributed by atoms with Crippen LogP contribution in [0, 0.1) is 12.7 Å². The van der Waals surface area contributed by atoms with Crippen molar-refractivity contribution in [2.45, 2.75) is 13.0 Å². The molecule has 2 aromatic rings. The van der Waals surface area contributed by atoms with Crippen LogP contribution < -0.4 is 5.73 Å². The molecule has 0 aliphatic carbocycles. The van der Waals surface area contributed by atoms with Gasteiger partial charge in [-0.2, -0.15) is 0 Å². The Balaban J connectivity index is 2.43. The fourth-order valence-corrected chi connectivity index (χ4v) is 1.92. The third-order valence-corrected chi connectivity index (χ3v) is 2.89. The second-order valence-electron chi connectivity index (χ2n) is 3.94. The van der Waals surface area contributed by atoms with Gasteiger partial charge in [0, 0.05) is 17.4 Å². The number of halogens is 2. The highest BCUT2D eigenvalue weighted by Gasteiger charge is 2.13. The van der Waals surface area contributed by atoms with Crippen LogP contribution in [0.4, 0.5) is 4.39 Å². The lowest BCUT2D eigenvalue weighted by Crippen LogP contribution is -2.13. The van der Waals surface area contributed by atoms with Crippen LogP contribution in [0.15, 0.2) is 36.7 Å². The quantitative estimate of drug-likeness (QED) is 0.889. The number of hydrogen-bond acceptors (Lipinski definition) is 2. The zero-order valence-electron chi connectivity index (χ0n) is 9.32. The van der Waals surface area contributed by atoms with Gasteiger partial charge < -0.3 is 5.73 Å². The van der Waals surface area contributed by atoms with Gasteiger partial charge in [-0.1, -0.05) is 17.7 Å². The van der Waals surface area contributed by atoms with E-state index < -0.39 is 6.04 Å². The summed E-state index contributed by atoms with van der Waals surface area (Å²) in [5, 5.41) is 0.459. The van der Waals surface area contributed by atoms with Crippen molar-refractivity contribution in [2.75, 3.05) is 0 Å². The molecule has 0 radical (unpaired) electrons. The minimum atomic E-state index is -0.467. The highest BCUT2D eigenvalue weighted by atomic mass is 35.5. The minimum Gasteiger partial charge on any atom is -0.320 e. The van der Waals surface area contributed by atoms with E-state index in [-0.39, 0.29) is 5.82 Å². The number of aromatic nitrogens is 1. The molecule has 1 aromatic carbocycles. The summed E-state index contributed by atoms with van der Waals surface area (Å²) in [6.07, 6.45) is 3.41. The maximum Gasteiger partial charge on any atom is 0.123 e. The number of hydrogen-bond donors (Lipinski definition) is 1. The van der Waals surface area contributed by atoms with E-state index in [1.54, 1.807) is 12.4 Å². The van der Waals surface area contributed by atoms with Gasteiger partial charge in [0.1, 0.15) is 5.82 Å². The van der Waals surface area contributed by atoms with Crippen LogP contribution >= 0.6 is 11.6 Å². The molecule has 2 N–H and O–H groups in total. The van der Waals surface area contributed by atoms with E-state index >= 15 is 0 Å². The van der Waals surface area contributed by atoms with Crippen molar-refractivity contribution in [1.82, 2.24) is 4.98 Å². The highest BCUT2D eigenvalue weighted by molar-refractivity contribution is 6.31. The SMILES string of the molecule is Cc1cncc(C(N)c2cc(F)ccc2Cl)c1. The van der Waals surface area contributed by atoms with Gasteiger partial charge in [0.15, 0.2) is 0 Å². The van der Waals surface area contributed by atoms with E-state index in [0.717, 1.165) is 11.1 Å². The average molecular weight is 251 g/mol. The van der Waals surface area contributed by atoms with Crippen LogP contribution in [-0.2, 0) is 0 Å². The lowest BCUT2D eigenvalue weighted by molar-refractivity contribution is 0.623. The zero-order valence-corrected chi connectivity index (χ0v) is 10.1. The van der Waals surface area contributed by atoms with E-state index in [1.807, 2.05) is 13.0 Å². The second kappa shape index (κ2) is 4.82. The molecule has 0 fully saturated rings. The third kappa shape index (κ3) is 2.62. The van der Waals surface area contributed by atoms with E-state index in [0.29, 0.717) is 10.6 Å². The molecule has 0 aliphatic heterocycles. The lowest BCUT2D eigenvalue weighted by Gasteiger charge is -2.14. The van der Waals surface area contributed by atoms with Crippen molar-refractivity contribution in [3.8, 4) is 0 Å². The second-order valence-corrected chi connectivity index (χ2v) is 4.35. The van der Waals surface area contributed by atoms with Crippen LogP contribution in [0.1, 0.15) is 22.7 Å². The molecule has 0 saturated carbocycles. The Morgan fingerprint density at radius 3 is 2.76 bits per heavy atom. The summed E-state index contributed by atoms with van der Waals surface area (Å²) in [5.41, 5.74) is 8.45. The number of aryl methyl sites for hydroxylation is 1. The summed E-state index contributed by atoms with van der Waals surface area (Å²) < 4.78 is 13.2. The highest BCUT2D eigenvalue weighted by Crippen LogP contribution is 2.27. The Labute approximate surface area is 104 Å². The molecular weight excluding hydrogens is 239 g/mol. The largest absolute Gasteiger partial charge is 0.320 e. The topological polar surface area (TPSA) is 38.9 Å². The molecule has 1 heterocycles. The number of nitrogens with zero attached hydrogens (tertiary/aromatic N) is 1. The summed E-state index contributed by atoms with van der Waals surface area (Å²) in [4.78, 5) is 4.07. The van der Waals surface area contributed by atoms with Crippen molar-refractivity contribution < 1.29 is 4.39 Å². The standard InChI is InChI=1S/C13H12ClFN2/c1-8-4-9(7-17-6-8)13(16)11-5-10(15)2-3-12(11)14/h2-7,13H,16H2,1H3. The monoisotopic (exact) mass is 250 g/mol. The normalized spacial score (nSPS) is 12.5. The maximum atomic E-state index is 13.2. The molecule has 17 heavy (non-hydrogen) atoms. The Kier molecular flexibility index (Phi) is 3.41. The molecule has 0 bridgehead atoms. The first-order valence-electron chi connectivity index (χ1n) is 5.20. The molecule has 0 amide bonds. The van der Waals surface area contributed by atoms with Crippen molar-refractivity contribution in [3.05, 3.63) is 64.2 Å². The summed E-state index contributed by atoms with van der Waals surface area (Å²) in [6.45, 7) is 1.93. The average Bonchev–Trinajstić information content (AvgIpc) is 2.31. The van der Waals surface area contributed by atoms with E-state index in [1.165, 1.54) is 18.2 Å². The molecule has 88 valence electrons. The van der Waals surface area contributed by atoms with Crippen LogP contribution in [0.25, 0.3) is 0 Å². The van der Waals surface area contributed by atoms with E-state index in [9.17, 15) is 4.39 Å². The Morgan fingerprint density at radius 1 is 1.29 bits per heavy atom. The number of benzene rings is 1. The smallest absolute Gasteiger partial charge is 0.123 e. The van der Waals surface area contributed by atoms with Crippen molar-refractivity contribution >= 4 is 11.6 Å². The first-order chi connectivity index (χ1) is 8.08. The lowest BCUT2D eigenvalue weighted by atomic mass is 10.00. The van der Waals surface area contributed by atoms with Gasteiger partial charge in [-0.15, -0.1) is 0 Å². The molecule has 1 atom stereocenters. The Hall–Kier alpha value is -1.45. The predicted octanol–water partition coefficient (Wildman–Crippen LogP) is 3.23. The fourth-order valence-electron chi connectivity index (χ4n) is 1.68. The van der Waals surface area contributed by atoms with Gasteiger partial charge in [0.2, 0.25) is 0 Å². The Bertz CT molecular complexity index is 543. The summed E-state index contributed by atoms with van der Waals surface area (Å²) in [5.74, 6) is -0.347. The maximum absolute atomic E-state index is 13.2. The molecule has 1 unspecified atom stereocenters. The number of pyridine rings is 1. The Morgan fingerprint density at radius 2 is 2.06 bits per heavy atom. The van der Waals surface area contributed by atoms with Gasteiger partial charge in [-0.05, 0) is 41.8 Å². The van der Waals surface area contributed by atoms with E-state index in [2.05, 4.69) is 4.98 Å². The summed E-state index contributed by atoms with van der Waals surface area (Å²) in [7, 11) is 0. The minimum absolute atomic E-state index is 0.347. The third-order valence-electron chi connectivity index (χ3n) is 2.55. The molecular formula is C13H12ClFN2. The van der Waals surface area contributed by atoms with Gasteiger partial charge in [-0.3, -0.25) is 4.98 Å². The number of nitrogens with two attached hydrogens (primary N) is 1. The molecule has 0 saturated heterocycles. The summed E-state index contributed by atoms with van der Waals surface area (Å²) in [6, 6.07) is 5.63. The van der Waals surface area contributed by atoms with Gasteiger partial charge in [0.05, 0.1) is 6.04 Å². The van der Waals surface area contributed by atoms with Crippen LogP contribution in [0.3, 0.4) is 0 Å². The van der Waals surface area contributed by atoms with E-state index in [4.69, 9.17) is 17.3 Å². The van der Waals surface area contributed by atoms with Gasteiger partial charge in [0.25, 0.3) is 0 Å². The van der Waals surface area contributed by atoms with Gasteiger partial charge >= 0.3 is 0 Å². The summed E-state index contributed by atoms with van der Waals surface area (Å²) >= 11 is 6.01.